The third kappa shape index (κ3) is 11.7. The van der Waals surface area contributed by atoms with Gasteiger partial charge in [0.2, 0.25) is 6.08 Å². The lowest BCUT2D eigenvalue weighted by molar-refractivity contribution is 0.0920. The molecule has 0 bridgehead atoms. The van der Waals surface area contributed by atoms with Gasteiger partial charge in [0.25, 0.3) is 0 Å². The van der Waals surface area contributed by atoms with Gasteiger partial charge < -0.3 is 13.3 Å². The molecular formula is C11H23NO4Si. The molecule has 0 aliphatic carbocycles. The predicted octanol–water partition coefficient (Wildman–Crippen LogP) is 1.69. The molecule has 0 N–H and O–H groups in total. The summed E-state index contributed by atoms with van der Waals surface area (Å²) in [5.41, 5.74) is 0. The van der Waals surface area contributed by atoms with Crippen LogP contribution in [0.15, 0.2) is 4.99 Å². The average molecular weight is 261 g/mol. The van der Waals surface area contributed by atoms with Crippen LogP contribution in [0.1, 0.15) is 39.5 Å². The van der Waals surface area contributed by atoms with E-state index < -0.39 is 9.53 Å². The van der Waals surface area contributed by atoms with Crippen LogP contribution in [0, 0.1) is 0 Å². The molecule has 0 heterocycles. The van der Waals surface area contributed by atoms with Crippen LogP contribution in [0.25, 0.3) is 0 Å². The van der Waals surface area contributed by atoms with Crippen LogP contribution in [0.2, 0.25) is 0 Å². The van der Waals surface area contributed by atoms with Crippen molar-refractivity contribution < 1.29 is 18.1 Å². The van der Waals surface area contributed by atoms with E-state index in [0.29, 0.717) is 26.4 Å². The topological polar surface area (TPSA) is 57.1 Å². The lowest BCUT2D eigenvalue weighted by Crippen LogP contribution is -2.28. The van der Waals surface area contributed by atoms with Gasteiger partial charge in [0.15, 0.2) is 0 Å². The minimum Gasteiger partial charge on any atom is -0.376 e. The molecule has 0 aliphatic heterocycles. The van der Waals surface area contributed by atoms with E-state index in [1.54, 1.807) is 0 Å². The van der Waals surface area contributed by atoms with Crippen LogP contribution < -0.4 is 0 Å². The molecule has 0 aromatic heterocycles. The normalized spacial score (nSPS) is 10.5. The van der Waals surface area contributed by atoms with Gasteiger partial charge in [0, 0.05) is 19.8 Å². The Morgan fingerprint density at radius 1 is 1.00 bits per heavy atom. The molecule has 100 valence electrons. The van der Waals surface area contributed by atoms with Gasteiger partial charge in [-0.2, -0.15) is 0 Å². The summed E-state index contributed by atoms with van der Waals surface area (Å²) in [4.78, 5) is 13.3. The molecule has 0 aliphatic rings. The second-order valence-electron chi connectivity index (χ2n) is 3.58. The molecular weight excluding hydrogens is 238 g/mol. The average Bonchev–Trinajstić information content (AvgIpc) is 2.35. The van der Waals surface area contributed by atoms with Crippen molar-refractivity contribution in [2.75, 3.05) is 26.4 Å². The van der Waals surface area contributed by atoms with E-state index in [-0.39, 0.29) is 0 Å². The predicted molar refractivity (Wildman–Crippen MR) is 67.8 cm³/mol. The third-order valence-electron chi connectivity index (χ3n) is 1.90. The lowest BCUT2D eigenvalue weighted by atomic mass is 10.3. The molecule has 0 saturated carbocycles. The highest BCUT2D eigenvalue weighted by atomic mass is 28.3. The fraction of sp³-hybridized carbons (Fsp3) is 0.909. The summed E-state index contributed by atoms with van der Waals surface area (Å²) < 4.78 is 16.6. The van der Waals surface area contributed by atoms with E-state index in [2.05, 4.69) is 18.8 Å². The molecule has 0 rings (SSSR count). The summed E-state index contributed by atoms with van der Waals surface area (Å²) >= 11 is 0. The zero-order chi connectivity index (χ0) is 12.8. The number of hydrogen-bond donors (Lipinski definition) is 0. The highest BCUT2D eigenvalue weighted by Crippen LogP contribution is 1.98. The lowest BCUT2D eigenvalue weighted by Gasteiger charge is -2.15. The van der Waals surface area contributed by atoms with Crippen molar-refractivity contribution in [1.29, 1.82) is 0 Å². The van der Waals surface area contributed by atoms with Crippen molar-refractivity contribution in [3.63, 3.8) is 0 Å². The Morgan fingerprint density at radius 2 is 1.59 bits per heavy atom. The van der Waals surface area contributed by atoms with Crippen molar-refractivity contribution in [3.8, 4) is 0 Å². The Hall–Kier alpha value is -0.523. The fourth-order valence-corrected chi connectivity index (χ4v) is 2.59. The smallest absolute Gasteiger partial charge is 0.376 e. The van der Waals surface area contributed by atoms with Gasteiger partial charge in [-0.05, 0) is 25.7 Å². The van der Waals surface area contributed by atoms with E-state index in [1.807, 2.05) is 0 Å². The van der Waals surface area contributed by atoms with Gasteiger partial charge in [-0.25, -0.2) is 9.79 Å². The number of rotatable bonds is 12. The minimum absolute atomic E-state index is 0.519. The highest BCUT2D eigenvalue weighted by molar-refractivity contribution is 6.36. The number of aliphatic imine (C=N–C) groups is 1. The fourth-order valence-electron chi connectivity index (χ4n) is 1.09. The standard InChI is InChI=1S/C11H23NO4Si/c1-3-8-14-17(15-9-4-2)16-10-6-5-7-12-11-13/h17H,3-10H2,1-2H3. The monoisotopic (exact) mass is 261 g/mol. The summed E-state index contributed by atoms with van der Waals surface area (Å²) in [7, 11) is -1.94. The molecule has 0 radical (unpaired) electrons. The number of unbranched alkanes of at least 4 members (excludes halogenated alkanes) is 1. The SMILES string of the molecule is CCCO[SiH](OCCC)OCCCCN=C=O. The molecule has 0 unspecified atom stereocenters. The van der Waals surface area contributed by atoms with Crippen LogP contribution in [-0.2, 0) is 18.1 Å². The van der Waals surface area contributed by atoms with Crippen LogP contribution >= 0.6 is 0 Å². The number of isocyanates is 1. The number of carbonyl (C=O) groups excluding carboxylic acids is 1. The Morgan fingerprint density at radius 3 is 2.12 bits per heavy atom. The zero-order valence-electron chi connectivity index (χ0n) is 10.8. The second-order valence-corrected chi connectivity index (χ2v) is 5.16. The molecule has 0 aromatic rings. The summed E-state index contributed by atoms with van der Waals surface area (Å²) in [5.74, 6) is 0. The van der Waals surface area contributed by atoms with E-state index in [0.717, 1.165) is 25.7 Å². The van der Waals surface area contributed by atoms with E-state index in [9.17, 15) is 4.79 Å². The molecule has 0 atom stereocenters. The first-order valence-corrected chi connectivity index (χ1v) is 7.65. The maximum absolute atomic E-state index is 9.83. The summed E-state index contributed by atoms with van der Waals surface area (Å²) in [5, 5.41) is 0. The Balaban J connectivity index is 3.55. The van der Waals surface area contributed by atoms with Gasteiger partial charge >= 0.3 is 9.53 Å². The van der Waals surface area contributed by atoms with Crippen molar-refractivity contribution in [1.82, 2.24) is 0 Å². The summed E-state index contributed by atoms with van der Waals surface area (Å²) in [6, 6.07) is 0. The van der Waals surface area contributed by atoms with Gasteiger partial charge in [0.05, 0.1) is 6.54 Å². The molecule has 5 nitrogen and oxygen atoms in total. The number of hydrogen-bond acceptors (Lipinski definition) is 5. The third-order valence-corrected chi connectivity index (χ3v) is 3.42. The molecule has 0 spiro atoms. The van der Waals surface area contributed by atoms with Gasteiger partial charge in [-0.1, -0.05) is 13.8 Å². The van der Waals surface area contributed by atoms with Crippen LogP contribution in [0.5, 0.6) is 0 Å². The molecule has 0 saturated heterocycles. The summed E-state index contributed by atoms with van der Waals surface area (Å²) in [6.07, 6.45) is 5.15. The maximum Gasteiger partial charge on any atom is 0.484 e. The van der Waals surface area contributed by atoms with Crippen molar-refractivity contribution in [2.24, 2.45) is 4.99 Å². The minimum atomic E-state index is -1.94. The van der Waals surface area contributed by atoms with Crippen molar-refractivity contribution in [3.05, 3.63) is 0 Å². The van der Waals surface area contributed by atoms with E-state index >= 15 is 0 Å². The molecule has 0 amide bonds. The first kappa shape index (κ1) is 16.5. The van der Waals surface area contributed by atoms with Crippen LogP contribution in [-0.4, -0.2) is 42.0 Å². The van der Waals surface area contributed by atoms with Crippen molar-refractivity contribution in [2.45, 2.75) is 39.5 Å². The second kappa shape index (κ2) is 13.5. The molecule has 6 heteroatoms. The van der Waals surface area contributed by atoms with E-state index in [4.69, 9.17) is 13.3 Å². The molecule has 17 heavy (non-hydrogen) atoms. The maximum atomic E-state index is 9.83. The Kier molecular flexibility index (Phi) is 13.1. The molecule has 0 aromatic carbocycles. The molecule has 0 fully saturated rings. The van der Waals surface area contributed by atoms with Crippen LogP contribution in [0.4, 0.5) is 0 Å². The van der Waals surface area contributed by atoms with Crippen molar-refractivity contribution >= 4 is 15.6 Å². The highest BCUT2D eigenvalue weighted by Gasteiger charge is 2.13. The first-order chi connectivity index (χ1) is 8.35. The quantitative estimate of drug-likeness (QED) is 0.232. The zero-order valence-corrected chi connectivity index (χ0v) is 12.0. The summed E-state index contributed by atoms with van der Waals surface area (Å²) in [6.45, 7) is 6.63. The Labute approximate surface area is 105 Å². The van der Waals surface area contributed by atoms with E-state index in [1.165, 1.54) is 6.08 Å². The van der Waals surface area contributed by atoms with Gasteiger partial charge in [-0.15, -0.1) is 0 Å². The van der Waals surface area contributed by atoms with Crippen LogP contribution in [0.3, 0.4) is 0 Å². The van der Waals surface area contributed by atoms with Gasteiger partial charge in [0.1, 0.15) is 0 Å². The number of nitrogens with zero attached hydrogens (tertiary/aromatic N) is 1. The van der Waals surface area contributed by atoms with Gasteiger partial charge in [-0.3, -0.25) is 0 Å². The Bertz CT molecular complexity index is 202. The first-order valence-electron chi connectivity index (χ1n) is 6.23. The largest absolute Gasteiger partial charge is 0.484 e.